The van der Waals surface area contributed by atoms with Crippen LogP contribution in [0.4, 0.5) is 10.2 Å². The van der Waals surface area contributed by atoms with E-state index in [1.54, 1.807) is 0 Å². The minimum Gasteiger partial charge on any atom is -0.394 e. The van der Waals surface area contributed by atoms with Gasteiger partial charge in [-0.3, -0.25) is 4.57 Å². The molecule has 2 aromatic heterocycles. The second-order valence-electron chi connectivity index (χ2n) is 4.43. The number of nitrogens with two attached hydrogens (primary N) is 1. The number of rotatable bonds is 2. The lowest BCUT2D eigenvalue weighted by molar-refractivity contribution is -0.0511. The Hall–Kier alpha value is -1.88. The van der Waals surface area contributed by atoms with E-state index in [0.717, 1.165) is 0 Å². The van der Waals surface area contributed by atoms with Crippen molar-refractivity contribution in [3.63, 3.8) is 0 Å². The first-order valence-electron chi connectivity index (χ1n) is 5.81. The Bertz CT molecular complexity index is 650. The predicted octanol–water partition coefficient (Wildman–Crippen LogP) is -1.84. The zero-order chi connectivity index (χ0) is 14.4. The van der Waals surface area contributed by atoms with Gasteiger partial charge in [-0.1, -0.05) is 0 Å². The zero-order valence-electron chi connectivity index (χ0n) is 10.1. The van der Waals surface area contributed by atoms with Gasteiger partial charge in [-0.15, -0.1) is 0 Å². The van der Waals surface area contributed by atoms with Crippen molar-refractivity contribution in [2.75, 3.05) is 12.3 Å². The number of fused-ring (bicyclic) bond motifs is 1. The molecule has 9 nitrogen and oxygen atoms in total. The Morgan fingerprint density at radius 3 is 2.75 bits per heavy atom. The summed E-state index contributed by atoms with van der Waals surface area (Å²) < 4.78 is 19.8. The molecule has 1 aliphatic rings. The van der Waals surface area contributed by atoms with Gasteiger partial charge in [0, 0.05) is 0 Å². The zero-order valence-corrected chi connectivity index (χ0v) is 10.1. The molecule has 0 saturated carbocycles. The lowest BCUT2D eigenvalue weighted by Crippen LogP contribution is -2.33. The van der Waals surface area contributed by atoms with E-state index in [-0.39, 0.29) is 17.0 Å². The van der Waals surface area contributed by atoms with Crippen LogP contribution in [0.3, 0.4) is 0 Å². The summed E-state index contributed by atoms with van der Waals surface area (Å²) in [6.45, 7) is -0.465. The molecular weight excluding hydrogens is 276 g/mol. The number of aromatic nitrogens is 4. The Kier molecular flexibility index (Phi) is 3.01. The molecule has 3 heterocycles. The molecule has 0 bridgehead atoms. The van der Waals surface area contributed by atoms with Crippen molar-refractivity contribution in [1.82, 2.24) is 19.5 Å². The molecule has 1 aliphatic heterocycles. The quantitative estimate of drug-likeness (QED) is 0.473. The summed E-state index contributed by atoms with van der Waals surface area (Å²) in [6.07, 6.45) is -4.38. The molecule has 3 rings (SSSR count). The standard InChI is InChI=1S/C10H12FN5O4/c11-10-14-7(12)4-8(15-10)16(2-13-4)9-6(19)5(18)3(1-17)20-9/h2-3,5-6,9,17-19H,1H2,(H2,12,14,15)/t3-,5-,6+,9-/m1/s1/i4+1,8+1,13+1. The fourth-order valence-electron chi connectivity index (χ4n) is 2.21. The van der Waals surface area contributed by atoms with Gasteiger partial charge >= 0.3 is 6.08 Å². The van der Waals surface area contributed by atoms with E-state index in [1.807, 2.05) is 0 Å². The van der Waals surface area contributed by atoms with Crippen LogP contribution in [0.2, 0.25) is 0 Å². The molecule has 1 saturated heterocycles. The summed E-state index contributed by atoms with van der Waals surface area (Å²) in [5.74, 6) is -0.141. The van der Waals surface area contributed by atoms with Crippen LogP contribution in [0.5, 0.6) is 0 Å². The van der Waals surface area contributed by atoms with Crippen molar-refractivity contribution in [1.29, 1.82) is 0 Å². The summed E-state index contributed by atoms with van der Waals surface area (Å²) in [5, 5.41) is 28.7. The Balaban J connectivity index is 2.07. The Labute approximate surface area is 111 Å². The van der Waals surface area contributed by atoms with Crippen LogP contribution in [0.25, 0.3) is 11.2 Å². The van der Waals surface area contributed by atoms with Crippen LogP contribution in [-0.4, -0.2) is 59.8 Å². The van der Waals surface area contributed by atoms with Gasteiger partial charge in [0.2, 0.25) is 0 Å². The minimum absolute atomic E-state index is 0.0323. The molecule has 1 fully saturated rings. The van der Waals surface area contributed by atoms with E-state index in [4.69, 9.17) is 15.6 Å². The van der Waals surface area contributed by atoms with Crippen molar-refractivity contribution in [3.05, 3.63) is 12.4 Å². The van der Waals surface area contributed by atoms with Crippen molar-refractivity contribution < 1.29 is 24.4 Å². The SMILES string of the molecule is Nc1nc(F)n[13c]2[13c]1[15n]cn2[C@@H]1O[C@H](CO)[C@@H](O)[C@@H]1O. The van der Waals surface area contributed by atoms with Gasteiger partial charge in [0.25, 0.3) is 0 Å². The molecule has 0 aromatic carbocycles. The smallest absolute Gasteiger partial charge is 0.312 e. The molecule has 5 N–H and O–H groups in total. The van der Waals surface area contributed by atoms with E-state index in [0.29, 0.717) is 0 Å². The average molecular weight is 288 g/mol. The highest BCUT2D eigenvalue weighted by atomic mass is 19.1. The lowest BCUT2D eigenvalue weighted by atomic mass is 10.1. The number of hydrogen-bond donors (Lipinski definition) is 4. The van der Waals surface area contributed by atoms with Gasteiger partial charge in [0.05, 0.1) is 12.9 Å². The maximum absolute atomic E-state index is 13.2. The number of halogens is 1. The third-order valence-electron chi connectivity index (χ3n) is 3.21. The normalized spacial score (nSPS) is 30.2. The van der Waals surface area contributed by atoms with Crippen LogP contribution in [0, 0.1) is 6.08 Å². The number of aliphatic hydroxyl groups excluding tert-OH is 3. The molecule has 2 aromatic rings. The van der Waals surface area contributed by atoms with E-state index in [1.165, 1.54) is 10.9 Å². The van der Waals surface area contributed by atoms with Crippen molar-refractivity contribution >= 4 is 17.0 Å². The van der Waals surface area contributed by atoms with Crippen LogP contribution in [0.1, 0.15) is 6.23 Å². The monoisotopic (exact) mass is 288 g/mol. The predicted molar refractivity (Wildman–Crippen MR) is 62.7 cm³/mol. The second-order valence-corrected chi connectivity index (χ2v) is 4.43. The molecule has 0 unspecified atom stereocenters. The number of imidazole rings is 1. The molecule has 108 valence electrons. The Morgan fingerprint density at radius 1 is 1.35 bits per heavy atom. The van der Waals surface area contributed by atoms with Crippen LogP contribution >= 0.6 is 0 Å². The fourth-order valence-corrected chi connectivity index (χ4v) is 2.21. The number of nitrogens with zero attached hydrogens (tertiary/aromatic N) is 4. The highest BCUT2D eigenvalue weighted by molar-refractivity contribution is 5.81. The first-order chi connectivity index (χ1) is 9.52. The number of aliphatic hydroxyl groups is 3. The maximum atomic E-state index is 13.2. The molecule has 0 aliphatic carbocycles. The third-order valence-corrected chi connectivity index (χ3v) is 3.21. The summed E-state index contributed by atoms with van der Waals surface area (Å²) >= 11 is 0. The number of ether oxygens (including phenoxy) is 1. The Morgan fingerprint density at radius 2 is 2.10 bits per heavy atom. The van der Waals surface area contributed by atoms with E-state index in [9.17, 15) is 14.6 Å². The summed E-state index contributed by atoms with van der Waals surface area (Å²) in [5.41, 5.74) is 5.71. The van der Waals surface area contributed by atoms with Gasteiger partial charge in [0.1, 0.15) is 18.3 Å². The van der Waals surface area contributed by atoms with Crippen LogP contribution in [-0.2, 0) is 4.74 Å². The van der Waals surface area contributed by atoms with E-state index in [2.05, 4.69) is 15.0 Å². The molecule has 10 heteroatoms. The third kappa shape index (κ3) is 1.81. The van der Waals surface area contributed by atoms with Crippen LogP contribution < -0.4 is 5.73 Å². The van der Waals surface area contributed by atoms with E-state index < -0.39 is 37.2 Å². The average Bonchev–Trinajstić information content (AvgIpc) is 2.93. The van der Waals surface area contributed by atoms with Crippen molar-refractivity contribution in [2.45, 2.75) is 24.5 Å². The first kappa shape index (κ1) is 13.1. The number of nitrogen functional groups attached to an aromatic ring is 1. The minimum atomic E-state index is -1.32. The highest BCUT2D eigenvalue weighted by Crippen LogP contribution is 2.31. The largest absolute Gasteiger partial charge is 0.394 e. The summed E-state index contributed by atoms with van der Waals surface area (Å²) in [6, 6.07) is 0. The first-order valence-corrected chi connectivity index (χ1v) is 5.81. The van der Waals surface area contributed by atoms with Gasteiger partial charge < -0.3 is 25.8 Å². The van der Waals surface area contributed by atoms with Crippen LogP contribution in [0.15, 0.2) is 6.33 Å². The maximum Gasteiger partial charge on any atom is 0.312 e. The van der Waals surface area contributed by atoms with Crippen molar-refractivity contribution in [3.8, 4) is 0 Å². The number of hydrogen-bond acceptors (Lipinski definition) is 8. The van der Waals surface area contributed by atoms with Gasteiger partial charge in [0.15, 0.2) is 23.2 Å². The number of anilines is 1. The fraction of sp³-hybridized carbons (Fsp3) is 0.500. The molecular formula is C10H12FN5O4. The van der Waals surface area contributed by atoms with Gasteiger partial charge in [-0.05, 0) is 0 Å². The van der Waals surface area contributed by atoms with E-state index >= 15 is 0 Å². The van der Waals surface area contributed by atoms with Gasteiger partial charge in [-0.25, -0.2) is 4.98 Å². The second kappa shape index (κ2) is 4.59. The van der Waals surface area contributed by atoms with Gasteiger partial charge in [-0.2, -0.15) is 14.4 Å². The summed E-state index contributed by atoms with van der Waals surface area (Å²) in [7, 11) is 0. The molecule has 0 radical (unpaired) electrons. The lowest BCUT2D eigenvalue weighted by Gasteiger charge is -2.16. The molecule has 4 atom stereocenters. The molecule has 0 spiro atoms. The topological polar surface area (TPSA) is 140 Å². The molecule has 0 amide bonds. The van der Waals surface area contributed by atoms with Crippen molar-refractivity contribution in [2.24, 2.45) is 0 Å². The summed E-state index contributed by atoms with van der Waals surface area (Å²) in [4.78, 5) is 10.8. The molecule has 20 heavy (non-hydrogen) atoms. The highest BCUT2D eigenvalue weighted by Gasteiger charge is 2.44.